The number of rotatable bonds is 1. The summed E-state index contributed by atoms with van der Waals surface area (Å²) >= 11 is 0. The topological polar surface area (TPSA) is 49.2 Å². The van der Waals surface area contributed by atoms with Gasteiger partial charge in [-0.2, -0.15) is 5.26 Å². The molecule has 0 aliphatic carbocycles. The highest BCUT2D eigenvalue weighted by molar-refractivity contribution is 5.46. The Kier molecular flexibility index (Phi) is 2.61. The van der Waals surface area contributed by atoms with Crippen LogP contribution in [0.3, 0.4) is 0 Å². The van der Waals surface area contributed by atoms with Gasteiger partial charge in [0.1, 0.15) is 11.8 Å². The molecule has 4 nitrogen and oxygen atoms in total. The number of aromatic nitrogens is 1. The van der Waals surface area contributed by atoms with Crippen LogP contribution in [0.15, 0.2) is 18.3 Å². The van der Waals surface area contributed by atoms with Crippen molar-refractivity contribution < 1.29 is 4.74 Å². The minimum absolute atomic E-state index is 0.460. The molecule has 2 rings (SSSR count). The number of hydrogen-bond donors (Lipinski definition) is 0. The maximum atomic E-state index is 8.59. The summed E-state index contributed by atoms with van der Waals surface area (Å²) in [7, 11) is 0. The highest BCUT2D eigenvalue weighted by Gasteiger charge is 2.10. The molecule has 0 atom stereocenters. The van der Waals surface area contributed by atoms with Gasteiger partial charge < -0.3 is 9.64 Å². The van der Waals surface area contributed by atoms with Gasteiger partial charge in [-0.3, -0.25) is 0 Å². The summed E-state index contributed by atoms with van der Waals surface area (Å²) in [6.45, 7) is 3.32. The van der Waals surface area contributed by atoms with Gasteiger partial charge in [-0.1, -0.05) is 0 Å². The van der Waals surface area contributed by atoms with Crippen LogP contribution in [0.25, 0.3) is 0 Å². The number of nitrogens with zero attached hydrogens (tertiary/aromatic N) is 3. The molecule has 1 aromatic rings. The van der Waals surface area contributed by atoms with Crippen LogP contribution < -0.4 is 4.90 Å². The Balaban J connectivity index is 2.12. The maximum absolute atomic E-state index is 8.59. The van der Waals surface area contributed by atoms with Gasteiger partial charge in [-0.05, 0) is 12.1 Å². The molecule has 14 heavy (non-hydrogen) atoms. The van der Waals surface area contributed by atoms with Gasteiger partial charge in [0.15, 0.2) is 0 Å². The number of hydrogen-bond acceptors (Lipinski definition) is 4. The Hall–Kier alpha value is -1.60. The molecular weight excluding hydrogens is 178 g/mol. The van der Waals surface area contributed by atoms with Crippen molar-refractivity contribution in [2.45, 2.75) is 0 Å². The van der Waals surface area contributed by atoms with Crippen LogP contribution >= 0.6 is 0 Å². The van der Waals surface area contributed by atoms with Gasteiger partial charge in [0.2, 0.25) is 0 Å². The smallest absolute Gasteiger partial charge is 0.140 e. The zero-order valence-electron chi connectivity index (χ0n) is 7.81. The van der Waals surface area contributed by atoms with Gasteiger partial charge in [0, 0.05) is 13.1 Å². The molecule has 1 aromatic heterocycles. The van der Waals surface area contributed by atoms with Crippen molar-refractivity contribution in [1.82, 2.24) is 4.98 Å². The van der Waals surface area contributed by atoms with E-state index in [-0.39, 0.29) is 0 Å². The summed E-state index contributed by atoms with van der Waals surface area (Å²) in [6, 6.07) is 5.67. The lowest BCUT2D eigenvalue weighted by atomic mass is 10.3. The molecule has 1 fully saturated rings. The molecule has 0 saturated carbocycles. The van der Waals surface area contributed by atoms with Crippen LogP contribution in [-0.4, -0.2) is 31.3 Å². The third-order valence-electron chi connectivity index (χ3n) is 2.24. The zero-order valence-corrected chi connectivity index (χ0v) is 7.81. The lowest BCUT2D eigenvalue weighted by Gasteiger charge is -2.28. The van der Waals surface area contributed by atoms with Crippen LogP contribution in [0.5, 0.6) is 0 Å². The number of pyridine rings is 1. The second-order valence-electron chi connectivity index (χ2n) is 3.11. The van der Waals surface area contributed by atoms with Gasteiger partial charge in [-0.25, -0.2) is 4.98 Å². The number of nitriles is 1. The van der Waals surface area contributed by atoms with Gasteiger partial charge >= 0.3 is 0 Å². The first-order valence-corrected chi connectivity index (χ1v) is 4.59. The van der Waals surface area contributed by atoms with E-state index >= 15 is 0 Å². The van der Waals surface area contributed by atoms with Crippen molar-refractivity contribution in [2.75, 3.05) is 31.2 Å². The minimum atomic E-state index is 0.460. The predicted octanol–water partition coefficient (Wildman–Crippen LogP) is 0.790. The van der Waals surface area contributed by atoms with Gasteiger partial charge in [0.05, 0.1) is 25.1 Å². The summed E-state index contributed by atoms with van der Waals surface area (Å²) in [5.74, 6) is 0. The molecule has 72 valence electrons. The Morgan fingerprint density at radius 1 is 1.36 bits per heavy atom. The van der Waals surface area contributed by atoms with Crippen molar-refractivity contribution in [3.8, 4) is 6.07 Å². The van der Waals surface area contributed by atoms with Crippen LogP contribution in [-0.2, 0) is 4.74 Å². The molecule has 2 heterocycles. The molecule has 1 aliphatic rings. The summed E-state index contributed by atoms with van der Waals surface area (Å²) in [4.78, 5) is 6.23. The molecule has 0 spiro atoms. The van der Waals surface area contributed by atoms with E-state index in [0.717, 1.165) is 32.0 Å². The third kappa shape index (κ3) is 1.83. The monoisotopic (exact) mass is 189 g/mol. The fraction of sp³-hybridized carbons (Fsp3) is 0.400. The van der Waals surface area contributed by atoms with Crippen molar-refractivity contribution >= 4 is 5.69 Å². The standard InChI is InChI=1S/C10H11N3O/c11-7-9-1-2-10(8-12-9)13-3-5-14-6-4-13/h1-2,8H,3-6H2. The Labute approximate surface area is 82.7 Å². The molecule has 1 saturated heterocycles. The molecule has 4 heteroatoms. The van der Waals surface area contributed by atoms with Crippen LogP contribution in [0.4, 0.5) is 5.69 Å². The lowest BCUT2D eigenvalue weighted by Crippen LogP contribution is -2.36. The third-order valence-corrected chi connectivity index (χ3v) is 2.24. The highest BCUT2D eigenvalue weighted by Crippen LogP contribution is 2.13. The van der Waals surface area contributed by atoms with Crippen LogP contribution in [0, 0.1) is 11.3 Å². The maximum Gasteiger partial charge on any atom is 0.140 e. The molecule has 0 amide bonds. The normalized spacial score (nSPS) is 16.4. The SMILES string of the molecule is N#Cc1ccc(N2CCOCC2)cn1. The average molecular weight is 189 g/mol. The van der Waals surface area contributed by atoms with Crippen LogP contribution in [0.2, 0.25) is 0 Å². The molecule has 0 radical (unpaired) electrons. The van der Waals surface area contributed by atoms with Crippen molar-refractivity contribution in [2.24, 2.45) is 0 Å². The van der Waals surface area contributed by atoms with E-state index in [0.29, 0.717) is 5.69 Å². The lowest BCUT2D eigenvalue weighted by molar-refractivity contribution is 0.122. The molecule has 0 unspecified atom stereocenters. The van der Waals surface area contributed by atoms with Gasteiger partial charge in [0.25, 0.3) is 0 Å². The molecular formula is C10H11N3O. The predicted molar refractivity (Wildman–Crippen MR) is 52.0 cm³/mol. The molecule has 0 bridgehead atoms. The number of anilines is 1. The first-order valence-electron chi connectivity index (χ1n) is 4.59. The van der Waals surface area contributed by atoms with E-state index in [2.05, 4.69) is 9.88 Å². The summed E-state index contributed by atoms with van der Waals surface area (Å²) in [5.41, 5.74) is 1.52. The molecule has 1 aliphatic heterocycles. The number of morpholine rings is 1. The molecule has 0 aromatic carbocycles. The fourth-order valence-corrected chi connectivity index (χ4v) is 1.46. The van der Waals surface area contributed by atoms with E-state index in [1.807, 2.05) is 12.1 Å². The molecule has 0 N–H and O–H groups in total. The van der Waals surface area contributed by atoms with E-state index in [9.17, 15) is 0 Å². The highest BCUT2D eigenvalue weighted by atomic mass is 16.5. The van der Waals surface area contributed by atoms with E-state index < -0.39 is 0 Å². The van der Waals surface area contributed by atoms with E-state index in [4.69, 9.17) is 10.00 Å². The Morgan fingerprint density at radius 2 is 2.14 bits per heavy atom. The second-order valence-corrected chi connectivity index (χ2v) is 3.11. The van der Waals surface area contributed by atoms with Crippen molar-refractivity contribution in [3.63, 3.8) is 0 Å². The van der Waals surface area contributed by atoms with E-state index in [1.54, 1.807) is 12.3 Å². The number of ether oxygens (including phenoxy) is 1. The zero-order chi connectivity index (χ0) is 9.80. The largest absolute Gasteiger partial charge is 0.378 e. The first kappa shape index (κ1) is 8.97. The summed E-state index contributed by atoms with van der Waals surface area (Å²) < 4.78 is 5.25. The van der Waals surface area contributed by atoms with E-state index in [1.165, 1.54) is 0 Å². The Morgan fingerprint density at radius 3 is 2.71 bits per heavy atom. The van der Waals surface area contributed by atoms with Crippen molar-refractivity contribution in [3.05, 3.63) is 24.0 Å². The second kappa shape index (κ2) is 4.07. The summed E-state index contributed by atoms with van der Waals surface area (Å²) in [6.07, 6.45) is 1.74. The van der Waals surface area contributed by atoms with Crippen molar-refractivity contribution in [1.29, 1.82) is 5.26 Å². The summed E-state index contributed by atoms with van der Waals surface area (Å²) in [5, 5.41) is 8.59. The van der Waals surface area contributed by atoms with Gasteiger partial charge in [-0.15, -0.1) is 0 Å². The first-order chi connectivity index (χ1) is 6.90. The minimum Gasteiger partial charge on any atom is -0.378 e. The quantitative estimate of drug-likeness (QED) is 0.655. The van der Waals surface area contributed by atoms with Crippen LogP contribution in [0.1, 0.15) is 5.69 Å². The fourth-order valence-electron chi connectivity index (χ4n) is 1.46. The Bertz CT molecular complexity index is 335. The average Bonchev–Trinajstić information content (AvgIpc) is 2.30.